The first-order valence-corrected chi connectivity index (χ1v) is 17.5. The standard InChI is InChI=1S/C42H45N3O3/c1-4-31-34(22-40-43-37(25-46-40)28-16-10-7-11-17-28)32(5-2)36(24-42-45-39(27-48-42)30-20-14-9-15-21-30)33(6-3)35(31)23-41-44-38(26-47-41)29-18-12-8-13-19-29/h7-21,37-39H,4-6,22-27H2,1-3H3/t37-,38-,39-/m1/s1. The van der Waals surface area contributed by atoms with E-state index in [1.807, 2.05) is 18.2 Å². The molecule has 0 saturated heterocycles. The maximum absolute atomic E-state index is 6.31. The van der Waals surface area contributed by atoms with Gasteiger partial charge in [-0.05, 0) is 69.3 Å². The lowest BCUT2D eigenvalue weighted by Gasteiger charge is -2.26. The molecule has 7 rings (SSSR count). The molecule has 0 amide bonds. The van der Waals surface area contributed by atoms with Gasteiger partial charge in [0.05, 0.1) is 0 Å². The number of hydrogen-bond donors (Lipinski definition) is 0. The predicted molar refractivity (Wildman–Crippen MR) is 193 cm³/mol. The van der Waals surface area contributed by atoms with Crippen LogP contribution >= 0.6 is 0 Å². The van der Waals surface area contributed by atoms with E-state index in [-0.39, 0.29) is 18.1 Å². The van der Waals surface area contributed by atoms with Crippen molar-refractivity contribution in [1.29, 1.82) is 0 Å². The van der Waals surface area contributed by atoms with Crippen LogP contribution in [0.25, 0.3) is 0 Å². The van der Waals surface area contributed by atoms with Crippen molar-refractivity contribution in [3.8, 4) is 0 Å². The molecule has 4 aromatic carbocycles. The van der Waals surface area contributed by atoms with E-state index in [0.717, 1.165) is 37.0 Å². The molecule has 3 atom stereocenters. The topological polar surface area (TPSA) is 64.8 Å². The first kappa shape index (κ1) is 31.9. The molecule has 3 aliphatic rings. The van der Waals surface area contributed by atoms with Crippen molar-refractivity contribution in [2.24, 2.45) is 15.0 Å². The number of benzene rings is 4. The minimum absolute atomic E-state index is 0.0255. The molecule has 0 aromatic heterocycles. The number of aliphatic imine (C=N–C) groups is 3. The summed E-state index contributed by atoms with van der Waals surface area (Å²) in [6.07, 6.45) is 4.72. The van der Waals surface area contributed by atoms with Gasteiger partial charge in [0.15, 0.2) is 17.7 Å². The summed E-state index contributed by atoms with van der Waals surface area (Å²) >= 11 is 0. The fourth-order valence-electron chi connectivity index (χ4n) is 7.57. The maximum atomic E-state index is 6.31. The van der Waals surface area contributed by atoms with Crippen molar-refractivity contribution in [2.75, 3.05) is 19.8 Å². The summed E-state index contributed by atoms with van der Waals surface area (Å²) in [7, 11) is 0. The van der Waals surface area contributed by atoms with Gasteiger partial charge >= 0.3 is 0 Å². The summed E-state index contributed by atoms with van der Waals surface area (Å²) in [4.78, 5) is 15.3. The van der Waals surface area contributed by atoms with E-state index >= 15 is 0 Å². The van der Waals surface area contributed by atoms with Crippen LogP contribution in [-0.4, -0.2) is 37.5 Å². The van der Waals surface area contributed by atoms with Crippen molar-refractivity contribution < 1.29 is 14.2 Å². The SMILES string of the molecule is CCc1c(CC2=N[C@@H](c3ccccc3)CO2)c(CC)c(CC2=N[C@@H](c3ccccc3)CO2)c(CC)c1CC1=N[C@@H](c2ccccc2)CO1. The van der Waals surface area contributed by atoms with Gasteiger partial charge in [-0.1, -0.05) is 112 Å². The smallest absolute Gasteiger partial charge is 0.188 e. The Bertz CT molecular complexity index is 1580. The summed E-state index contributed by atoms with van der Waals surface area (Å²) < 4.78 is 18.9. The summed E-state index contributed by atoms with van der Waals surface area (Å²) in [5.41, 5.74) is 11.7. The summed E-state index contributed by atoms with van der Waals surface area (Å²) in [6, 6.07) is 31.5. The largest absolute Gasteiger partial charge is 0.478 e. The summed E-state index contributed by atoms with van der Waals surface area (Å²) in [5, 5.41) is 0. The molecule has 0 bridgehead atoms. The molecule has 0 radical (unpaired) electrons. The van der Waals surface area contributed by atoms with Crippen LogP contribution in [0.15, 0.2) is 106 Å². The van der Waals surface area contributed by atoms with Crippen LogP contribution in [0.5, 0.6) is 0 Å². The van der Waals surface area contributed by atoms with Crippen LogP contribution in [0.4, 0.5) is 0 Å². The first-order valence-electron chi connectivity index (χ1n) is 17.5. The minimum atomic E-state index is 0.0255. The van der Waals surface area contributed by atoms with Gasteiger partial charge in [0.25, 0.3) is 0 Å². The second-order valence-electron chi connectivity index (χ2n) is 12.7. The highest BCUT2D eigenvalue weighted by Crippen LogP contribution is 2.36. The molecular formula is C42H45N3O3. The molecule has 0 saturated carbocycles. The van der Waals surface area contributed by atoms with E-state index in [9.17, 15) is 0 Å². The van der Waals surface area contributed by atoms with E-state index in [2.05, 4.69) is 93.6 Å². The molecule has 3 heterocycles. The maximum Gasteiger partial charge on any atom is 0.188 e. The van der Waals surface area contributed by atoms with Gasteiger partial charge < -0.3 is 14.2 Å². The third-order valence-electron chi connectivity index (χ3n) is 9.91. The van der Waals surface area contributed by atoms with Crippen molar-refractivity contribution >= 4 is 17.7 Å². The molecule has 48 heavy (non-hydrogen) atoms. The lowest BCUT2D eigenvalue weighted by Crippen LogP contribution is -2.20. The monoisotopic (exact) mass is 639 g/mol. The van der Waals surface area contributed by atoms with Gasteiger partial charge in [0.2, 0.25) is 0 Å². The molecule has 0 fully saturated rings. The minimum Gasteiger partial charge on any atom is -0.478 e. The molecule has 6 heteroatoms. The van der Waals surface area contributed by atoms with Crippen LogP contribution in [0.3, 0.4) is 0 Å². The van der Waals surface area contributed by atoms with Crippen LogP contribution in [0.1, 0.15) is 89.0 Å². The van der Waals surface area contributed by atoms with Gasteiger partial charge in [-0.2, -0.15) is 0 Å². The van der Waals surface area contributed by atoms with E-state index in [1.54, 1.807) is 0 Å². The van der Waals surface area contributed by atoms with Crippen LogP contribution in [-0.2, 0) is 52.7 Å². The third-order valence-corrected chi connectivity index (χ3v) is 9.91. The third kappa shape index (κ3) is 6.66. The first-order chi connectivity index (χ1) is 23.6. The Balaban J connectivity index is 1.29. The molecule has 3 aliphatic heterocycles. The van der Waals surface area contributed by atoms with Crippen molar-refractivity contribution in [1.82, 2.24) is 0 Å². The molecule has 246 valence electrons. The van der Waals surface area contributed by atoms with E-state index < -0.39 is 0 Å². The van der Waals surface area contributed by atoms with Gasteiger partial charge in [-0.25, -0.2) is 15.0 Å². The van der Waals surface area contributed by atoms with E-state index in [0.29, 0.717) is 39.1 Å². The van der Waals surface area contributed by atoms with Gasteiger partial charge in [-0.15, -0.1) is 0 Å². The molecule has 0 aliphatic carbocycles. The zero-order valence-electron chi connectivity index (χ0n) is 28.3. The summed E-state index contributed by atoms with van der Waals surface area (Å²) in [5.74, 6) is 2.43. The fourth-order valence-corrected chi connectivity index (χ4v) is 7.57. The molecule has 0 unspecified atom stereocenters. The summed E-state index contributed by atoms with van der Waals surface area (Å²) in [6.45, 7) is 8.53. The van der Waals surface area contributed by atoms with Crippen molar-refractivity contribution in [3.05, 3.63) is 141 Å². The second kappa shape index (κ2) is 14.6. The highest BCUT2D eigenvalue weighted by atomic mass is 16.5. The Morgan fingerprint density at radius 3 is 0.938 bits per heavy atom. The molecule has 6 nitrogen and oxygen atoms in total. The van der Waals surface area contributed by atoms with Gasteiger partial charge in [0, 0.05) is 19.3 Å². The Morgan fingerprint density at radius 1 is 0.417 bits per heavy atom. The van der Waals surface area contributed by atoms with Crippen LogP contribution in [0, 0.1) is 0 Å². The number of rotatable bonds is 12. The highest BCUT2D eigenvalue weighted by Gasteiger charge is 2.30. The Labute approximate surface area is 284 Å². The molecule has 4 aromatic rings. The quantitative estimate of drug-likeness (QED) is 0.156. The zero-order chi connectivity index (χ0) is 32.9. The van der Waals surface area contributed by atoms with E-state index in [1.165, 1.54) is 50.1 Å². The van der Waals surface area contributed by atoms with Crippen LogP contribution < -0.4 is 0 Å². The molecular weight excluding hydrogens is 594 g/mol. The highest BCUT2D eigenvalue weighted by molar-refractivity contribution is 5.86. The Hall–Kier alpha value is -4.71. The number of nitrogens with zero attached hydrogens (tertiary/aromatic N) is 3. The lowest BCUT2D eigenvalue weighted by molar-refractivity contribution is 0.313. The number of hydrogen-bond acceptors (Lipinski definition) is 6. The van der Waals surface area contributed by atoms with Gasteiger partial charge in [0.1, 0.15) is 37.9 Å². The van der Waals surface area contributed by atoms with Gasteiger partial charge in [-0.3, -0.25) is 0 Å². The average molecular weight is 640 g/mol. The van der Waals surface area contributed by atoms with Crippen molar-refractivity contribution in [2.45, 2.75) is 77.4 Å². The molecule has 0 spiro atoms. The Morgan fingerprint density at radius 2 is 0.688 bits per heavy atom. The lowest BCUT2D eigenvalue weighted by atomic mass is 9.80. The van der Waals surface area contributed by atoms with Crippen molar-refractivity contribution in [3.63, 3.8) is 0 Å². The predicted octanol–water partition coefficient (Wildman–Crippen LogP) is 8.51. The Kier molecular flexibility index (Phi) is 9.69. The normalized spacial score (nSPS) is 20.1. The molecule has 0 N–H and O–H groups in total. The fraction of sp³-hybridized carbons (Fsp3) is 0.357. The number of ether oxygens (including phenoxy) is 3. The average Bonchev–Trinajstić information content (AvgIpc) is 3.92. The van der Waals surface area contributed by atoms with Crippen LogP contribution in [0.2, 0.25) is 0 Å². The second-order valence-corrected chi connectivity index (χ2v) is 12.7. The van der Waals surface area contributed by atoms with E-state index in [4.69, 9.17) is 29.2 Å². The zero-order valence-corrected chi connectivity index (χ0v) is 28.3.